The average molecular weight is 439 g/mol. The predicted octanol–water partition coefficient (Wildman–Crippen LogP) is 3.52. The van der Waals surface area contributed by atoms with Crippen LogP contribution in [0.3, 0.4) is 0 Å². The monoisotopic (exact) mass is 439 g/mol. The highest BCUT2D eigenvalue weighted by molar-refractivity contribution is 5.66. The fourth-order valence-corrected chi connectivity index (χ4v) is 3.34. The number of halogens is 3. The molecule has 31 heavy (non-hydrogen) atoms. The van der Waals surface area contributed by atoms with Crippen LogP contribution < -0.4 is 15.4 Å². The minimum atomic E-state index is -4.57. The zero-order chi connectivity index (χ0) is 22.6. The Morgan fingerprint density at radius 3 is 2.81 bits per heavy atom. The molecule has 1 atom stereocenters. The first-order chi connectivity index (χ1) is 14.8. The summed E-state index contributed by atoms with van der Waals surface area (Å²) in [6.07, 6.45) is -3.33. The summed E-state index contributed by atoms with van der Waals surface area (Å²) in [5, 5.41) is 5.55. The lowest BCUT2D eigenvalue weighted by molar-refractivity contribution is -0.137. The number of ether oxygens (including phenoxy) is 2. The molecule has 1 aliphatic rings. The second-order valence-electron chi connectivity index (χ2n) is 6.98. The number of methoxy groups -OCH3 is 1. The van der Waals surface area contributed by atoms with E-state index in [4.69, 9.17) is 9.47 Å². The third-order valence-corrected chi connectivity index (χ3v) is 4.87. The van der Waals surface area contributed by atoms with E-state index in [9.17, 15) is 18.0 Å². The van der Waals surface area contributed by atoms with E-state index < -0.39 is 11.7 Å². The number of benzene rings is 1. The molecule has 1 saturated heterocycles. The van der Waals surface area contributed by atoms with Crippen LogP contribution in [0, 0.1) is 6.92 Å². The van der Waals surface area contributed by atoms with Gasteiger partial charge >= 0.3 is 6.18 Å². The van der Waals surface area contributed by atoms with E-state index in [1.165, 1.54) is 7.11 Å². The molecule has 0 bridgehead atoms. The molecular formula is C20H24F3N5O3. The quantitative estimate of drug-likeness (QED) is 0.638. The van der Waals surface area contributed by atoms with E-state index in [1.54, 1.807) is 24.0 Å². The number of carbonyl (C=O) groups is 1. The first-order valence-corrected chi connectivity index (χ1v) is 9.71. The largest absolute Gasteiger partial charge is 0.495 e. The number of nitrogens with one attached hydrogen (secondary N) is 2. The van der Waals surface area contributed by atoms with Gasteiger partial charge in [-0.25, -0.2) is 4.98 Å². The molecule has 0 spiro atoms. The molecule has 2 heterocycles. The maximum atomic E-state index is 13.2. The van der Waals surface area contributed by atoms with Crippen LogP contribution >= 0.6 is 0 Å². The highest BCUT2D eigenvalue weighted by Crippen LogP contribution is 2.37. The minimum Gasteiger partial charge on any atom is -0.495 e. The minimum absolute atomic E-state index is 0.00422. The molecule has 1 unspecified atom stereocenters. The van der Waals surface area contributed by atoms with Gasteiger partial charge in [0, 0.05) is 19.3 Å². The van der Waals surface area contributed by atoms with Crippen LogP contribution in [-0.4, -0.2) is 54.6 Å². The molecule has 2 aromatic rings. The highest BCUT2D eigenvalue weighted by Gasteiger charge is 2.35. The second kappa shape index (κ2) is 9.38. The third-order valence-electron chi connectivity index (χ3n) is 4.87. The first-order valence-electron chi connectivity index (χ1n) is 9.71. The van der Waals surface area contributed by atoms with Crippen molar-refractivity contribution in [2.45, 2.75) is 26.1 Å². The average Bonchev–Trinajstić information content (AvgIpc) is 2.73. The van der Waals surface area contributed by atoms with Crippen molar-refractivity contribution in [3.05, 3.63) is 35.0 Å². The molecule has 0 radical (unpaired) electrons. The van der Waals surface area contributed by atoms with Crippen molar-refractivity contribution in [2.24, 2.45) is 0 Å². The lowest BCUT2D eigenvalue weighted by Crippen LogP contribution is -2.37. The van der Waals surface area contributed by atoms with Crippen LogP contribution in [-0.2, 0) is 15.7 Å². The number of nitrogens with zero attached hydrogens (tertiary/aromatic N) is 3. The number of hydrogen-bond donors (Lipinski definition) is 2. The molecule has 0 saturated carbocycles. The normalized spacial score (nSPS) is 16.7. The smallest absolute Gasteiger partial charge is 0.421 e. The topological polar surface area (TPSA) is 88.6 Å². The summed E-state index contributed by atoms with van der Waals surface area (Å²) in [5.74, 6) is 0.140. The van der Waals surface area contributed by atoms with Gasteiger partial charge in [0.25, 0.3) is 0 Å². The number of alkyl halides is 3. The SMILES string of the molecule is CCNc1nc(Nc2cc(C)c(C3CN(C=O)CCO3)cc2OC)ncc1C(F)(F)F. The Morgan fingerprint density at radius 1 is 1.39 bits per heavy atom. The van der Waals surface area contributed by atoms with E-state index in [1.807, 2.05) is 6.92 Å². The molecule has 2 N–H and O–H groups in total. The molecule has 1 fully saturated rings. The highest BCUT2D eigenvalue weighted by atomic mass is 19.4. The summed E-state index contributed by atoms with van der Waals surface area (Å²) in [6.45, 7) is 5.22. The zero-order valence-electron chi connectivity index (χ0n) is 17.4. The summed E-state index contributed by atoms with van der Waals surface area (Å²) in [6, 6.07) is 3.57. The van der Waals surface area contributed by atoms with Crippen molar-refractivity contribution >= 4 is 23.9 Å². The van der Waals surface area contributed by atoms with Gasteiger partial charge in [-0.1, -0.05) is 0 Å². The molecular weight excluding hydrogens is 415 g/mol. The number of aromatic nitrogens is 2. The van der Waals surface area contributed by atoms with Gasteiger partial charge in [0.1, 0.15) is 23.2 Å². The van der Waals surface area contributed by atoms with Gasteiger partial charge in [0.05, 0.1) is 25.9 Å². The Morgan fingerprint density at radius 2 is 2.16 bits per heavy atom. The van der Waals surface area contributed by atoms with E-state index in [-0.39, 0.29) is 24.4 Å². The Labute approximate surface area is 177 Å². The van der Waals surface area contributed by atoms with E-state index in [0.717, 1.165) is 23.7 Å². The second-order valence-corrected chi connectivity index (χ2v) is 6.98. The molecule has 168 valence electrons. The van der Waals surface area contributed by atoms with Gasteiger partial charge in [0.15, 0.2) is 0 Å². The van der Waals surface area contributed by atoms with Gasteiger partial charge in [-0.3, -0.25) is 4.79 Å². The first kappa shape index (κ1) is 22.6. The van der Waals surface area contributed by atoms with Crippen molar-refractivity contribution in [1.29, 1.82) is 0 Å². The van der Waals surface area contributed by atoms with Crippen molar-refractivity contribution in [2.75, 3.05) is 44.0 Å². The fraction of sp³-hybridized carbons (Fsp3) is 0.450. The predicted molar refractivity (Wildman–Crippen MR) is 109 cm³/mol. The molecule has 11 heteroatoms. The van der Waals surface area contributed by atoms with E-state index >= 15 is 0 Å². The van der Waals surface area contributed by atoms with E-state index in [0.29, 0.717) is 31.1 Å². The summed E-state index contributed by atoms with van der Waals surface area (Å²) in [7, 11) is 1.48. The van der Waals surface area contributed by atoms with Crippen LogP contribution in [0.1, 0.15) is 29.7 Å². The van der Waals surface area contributed by atoms with E-state index in [2.05, 4.69) is 20.6 Å². The van der Waals surface area contributed by atoms with Gasteiger partial charge in [-0.2, -0.15) is 18.2 Å². The fourth-order valence-electron chi connectivity index (χ4n) is 3.34. The number of aryl methyl sites for hydroxylation is 1. The molecule has 0 aliphatic carbocycles. The molecule has 3 rings (SSSR count). The Bertz CT molecular complexity index is 939. The van der Waals surface area contributed by atoms with Crippen molar-refractivity contribution in [3.8, 4) is 5.75 Å². The molecule has 1 amide bonds. The maximum Gasteiger partial charge on any atom is 0.421 e. The van der Waals surface area contributed by atoms with Crippen molar-refractivity contribution < 1.29 is 27.4 Å². The lowest BCUT2D eigenvalue weighted by Gasteiger charge is -2.31. The Kier molecular flexibility index (Phi) is 6.84. The van der Waals surface area contributed by atoms with Gasteiger partial charge in [-0.15, -0.1) is 0 Å². The number of amides is 1. The molecule has 8 nitrogen and oxygen atoms in total. The number of carbonyl (C=O) groups excluding carboxylic acids is 1. The van der Waals surface area contributed by atoms with Gasteiger partial charge in [0.2, 0.25) is 12.4 Å². The van der Waals surface area contributed by atoms with Crippen LogP contribution in [0.5, 0.6) is 5.75 Å². The molecule has 1 aromatic heterocycles. The molecule has 1 aliphatic heterocycles. The zero-order valence-corrected chi connectivity index (χ0v) is 17.4. The van der Waals surface area contributed by atoms with Crippen molar-refractivity contribution in [1.82, 2.24) is 14.9 Å². The number of anilines is 3. The van der Waals surface area contributed by atoms with Crippen LogP contribution in [0.2, 0.25) is 0 Å². The molecule has 1 aromatic carbocycles. The number of rotatable bonds is 7. The van der Waals surface area contributed by atoms with Crippen LogP contribution in [0.15, 0.2) is 18.3 Å². The third kappa shape index (κ3) is 5.16. The Hall–Kier alpha value is -3.08. The summed E-state index contributed by atoms with van der Waals surface area (Å²) in [4.78, 5) is 20.5. The lowest BCUT2D eigenvalue weighted by atomic mass is 10.0. The van der Waals surface area contributed by atoms with Crippen molar-refractivity contribution in [3.63, 3.8) is 0 Å². The van der Waals surface area contributed by atoms with Gasteiger partial charge in [-0.05, 0) is 37.1 Å². The number of morpholine rings is 1. The Balaban J connectivity index is 1.90. The van der Waals surface area contributed by atoms with Crippen LogP contribution in [0.4, 0.5) is 30.6 Å². The van der Waals surface area contributed by atoms with Crippen LogP contribution in [0.25, 0.3) is 0 Å². The summed E-state index contributed by atoms with van der Waals surface area (Å²) >= 11 is 0. The standard InChI is InChI=1S/C20H24F3N5O3/c1-4-24-18-14(20(21,22)23)9-25-19(27-18)26-15-7-12(2)13(8-16(15)30-3)17-10-28(11-29)5-6-31-17/h7-9,11,17H,4-6,10H2,1-3H3,(H2,24,25,26,27). The maximum absolute atomic E-state index is 13.2. The summed E-state index contributed by atoms with van der Waals surface area (Å²) in [5.41, 5.74) is 1.28. The van der Waals surface area contributed by atoms with Gasteiger partial charge < -0.3 is 25.0 Å². The number of hydrogen-bond acceptors (Lipinski definition) is 7. The summed E-state index contributed by atoms with van der Waals surface area (Å²) < 4.78 is 50.8.